The monoisotopic (exact) mass is 351 g/mol. The predicted molar refractivity (Wildman–Crippen MR) is 100 cm³/mol. The maximum absolute atomic E-state index is 12.3. The summed E-state index contributed by atoms with van der Waals surface area (Å²) in [6.07, 6.45) is 1.82. The number of nitrogens with one attached hydrogen (secondary N) is 1. The zero-order chi connectivity index (χ0) is 18.4. The quantitative estimate of drug-likeness (QED) is 0.657. The van der Waals surface area contributed by atoms with Crippen LogP contribution in [0.25, 0.3) is 11.0 Å². The van der Waals surface area contributed by atoms with E-state index in [0.717, 1.165) is 23.8 Å². The molecule has 1 amide bonds. The number of ether oxygens (including phenoxy) is 1. The van der Waals surface area contributed by atoms with Gasteiger partial charge in [-0.1, -0.05) is 43.7 Å². The minimum Gasteiger partial charge on any atom is -0.484 e. The molecule has 1 atom stereocenters. The van der Waals surface area contributed by atoms with Crippen molar-refractivity contribution in [3.8, 4) is 5.75 Å². The molecular formula is C21H21NO4. The zero-order valence-corrected chi connectivity index (χ0v) is 14.6. The summed E-state index contributed by atoms with van der Waals surface area (Å²) in [5.74, 6) is 0.288. The zero-order valence-electron chi connectivity index (χ0n) is 14.6. The van der Waals surface area contributed by atoms with E-state index in [-0.39, 0.29) is 18.6 Å². The van der Waals surface area contributed by atoms with E-state index in [1.54, 1.807) is 24.3 Å². The highest BCUT2D eigenvalue weighted by Gasteiger charge is 2.14. The molecule has 5 heteroatoms. The molecule has 5 nitrogen and oxygen atoms in total. The van der Waals surface area contributed by atoms with Gasteiger partial charge in [-0.2, -0.15) is 0 Å². The van der Waals surface area contributed by atoms with Gasteiger partial charge < -0.3 is 14.5 Å². The van der Waals surface area contributed by atoms with Crippen molar-refractivity contribution in [2.75, 3.05) is 6.61 Å². The lowest BCUT2D eigenvalue weighted by atomic mass is 10.0. The van der Waals surface area contributed by atoms with Gasteiger partial charge in [0.05, 0.1) is 6.04 Å². The van der Waals surface area contributed by atoms with Crippen molar-refractivity contribution in [2.24, 2.45) is 0 Å². The topological polar surface area (TPSA) is 68.5 Å². The van der Waals surface area contributed by atoms with Gasteiger partial charge in [-0.05, 0) is 30.2 Å². The van der Waals surface area contributed by atoms with E-state index in [9.17, 15) is 9.59 Å². The Morgan fingerprint density at radius 2 is 1.88 bits per heavy atom. The molecule has 134 valence electrons. The Labute approximate surface area is 151 Å². The van der Waals surface area contributed by atoms with Crippen LogP contribution in [0.5, 0.6) is 5.75 Å². The predicted octanol–water partition coefficient (Wildman–Crippen LogP) is 3.83. The fraction of sp³-hybridized carbons (Fsp3) is 0.238. The van der Waals surface area contributed by atoms with Crippen molar-refractivity contribution in [3.63, 3.8) is 0 Å². The van der Waals surface area contributed by atoms with Crippen LogP contribution in [-0.4, -0.2) is 12.5 Å². The highest BCUT2D eigenvalue weighted by molar-refractivity contribution is 5.79. The average Bonchev–Trinajstić information content (AvgIpc) is 2.66. The second-order valence-corrected chi connectivity index (χ2v) is 6.06. The number of carbonyl (C=O) groups excluding carboxylic acids is 1. The van der Waals surface area contributed by atoms with E-state index in [4.69, 9.17) is 9.15 Å². The summed E-state index contributed by atoms with van der Waals surface area (Å²) in [4.78, 5) is 23.6. The summed E-state index contributed by atoms with van der Waals surface area (Å²) in [6, 6.07) is 18.1. The van der Waals surface area contributed by atoms with E-state index in [2.05, 4.69) is 12.2 Å². The van der Waals surface area contributed by atoms with Gasteiger partial charge in [0, 0.05) is 17.5 Å². The number of fused-ring (bicyclic) bond motifs is 1. The minimum atomic E-state index is -0.419. The second kappa shape index (κ2) is 8.34. The smallest absolute Gasteiger partial charge is 0.336 e. The number of hydrogen-bond donors (Lipinski definition) is 1. The molecule has 1 N–H and O–H groups in total. The Balaban J connectivity index is 1.63. The van der Waals surface area contributed by atoms with Gasteiger partial charge in [-0.15, -0.1) is 0 Å². The highest BCUT2D eigenvalue weighted by atomic mass is 16.5. The fourth-order valence-corrected chi connectivity index (χ4v) is 2.81. The minimum absolute atomic E-state index is 0.0353. The summed E-state index contributed by atoms with van der Waals surface area (Å²) in [5, 5.41) is 3.81. The molecule has 3 rings (SSSR count). The Bertz CT molecular complexity index is 933. The third-order valence-electron chi connectivity index (χ3n) is 4.08. The summed E-state index contributed by atoms with van der Waals surface area (Å²) < 4.78 is 10.7. The molecule has 0 aliphatic rings. The largest absolute Gasteiger partial charge is 0.484 e. The van der Waals surface area contributed by atoms with Crippen LogP contribution in [0.4, 0.5) is 0 Å². The van der Waals surface area contributed by atoms with E-state index in [1.807, 2.05) is 30.3 Å². The first-order valence-electron chi connectivity index (χ1n) is 8.66. The molecule has 2 aromatic carbocycles. The van der Waals surface area contributed by atoms with Gasteiger partial charge in [-0.3, -0.25) is 4.79 Å². The highest BCUT2D eigenvalue weighted by Crippen LogP contribution is 2.20. The Hall–Kier alpha value is -3.08. The molecule has 0 unspecified atom stereocenters. The van der Waals surface area contributed by atoms with Crippen LogP contribution >= 0.6 is 0 Å². The standard InChI is InChI=1S/C21H21NO4/c1-2-6-18(15-7-4-3-5-8-15)22-20(23)14-25-17-11-9-16-10-12-21(24)26-19(16)13-17/h3-5,7-13,18H,2,6,14H2,1H3,(H,22,23)/t18-/m0/s1. The lowest BCUT2D eigenvalue weighted by Gasteiger charge is -2.18. The van der Waals surface area contributed by atoms with Gasteiger partial charge in [0.15, 0.2) is 6.61 Å². The second-order valence-electron chi connectivity index (χ2n) is 6.06. The molecule has 0 radical (unpaired) electrons. The van der Waals surface area contributed by atoms with Crippen LogP contribution in [0, 0.1) is 0 Å². The van der Waals surface area contributed by atoms with E-state index in [0.29, 0.717) is 11.3 Å². The van der Waals surface area contributed by atoms with Crippen molar-refractivity contribution in [2.45, 2.75) is 25.8 Å². The van der Waals surface area contributed by atoms with E-state index < -0.39 is 5.63 Å². The maximum atomic E-state index is 12.3. The molecule has 0 saturated carbocycles. The van der Waals surface area contributed by atoms with Gasteiger partial charge in [0.25, 0.3) is 5.91 Å². The fourth-order valence-electron chi connectivity index (χ4n) is 2.81. The molecular weight excluding hydrogens is 330 g/mol. The van der Waals surface area contributed by atoms with Crippen molar-refractivity contribution in [1.29, 1.82) is 0 Å². The van der Waals surface area contributed by atoms with E-state index >= 15 is 0 Å². The first-order valence-corrected chi connectivity index (χ1v) is 8.66. The SMILES string of the molecule is CCC[C@H](NC(=O)COc1ccc2ccc(=O)oc2c1)c1ccccc1. The molecule has 0 aliphatic carbocycles. The normalized spacial score (nSPS) is 11.9. The number of rotatable bonds is 7. The van der Waals surface area contributed by atoms with Gasteiger partial charge >= 0.3 is 5.63 Å². The Morgan fingerprint density at radius 3 is 2.65 bits per heavy atom. The van der Waals surface area contributed by atoms with Crippen LogP contribution in [0.3, 0.4) is 0 Å². The number of hydrogen-bond acceptors (Lipinski definition) is 4. The molecule has 26 heavy (non-hydrogen) atoms. The summed E-state index contributed by atoms with van der Waals surface area (Å²) in [7, 11) is 0. The Kier molecular flexibility index (Phi) is 5.69. The summed E-state index contributed by atoms with van der Waals surface area (Å²) in [6.45, 7) is 1.98. The van der Waals surface area contributed by atoms with Crippen molar-refractivity contribution < 1.29 is 13.9 Å². The first-order chi connectivity index (χ1) is 12.7. The Morgan fingerprint density at radius 1 is 1.12 bits per heavy atom. The average molecular weight is 351 g/mol. The molecule has 0 bridgehead atoms. The molecule has 0 spiro atoms. The van der Waals surface area contributed by atoms with Crippen molar-refractivity contribution >= 4 is 16.9 Å². The molecule has 3 aromatic rings. The number of amides is 1. The van der Waals surface area contributed by atoms with E-state index in [1.165, 1.54) is 6.07 Å². The van der Waals surface area contributed by atoms with Gasteiger partial charge in [0.1, 0.15) is 11.3 Å². The first kappa shape index (κ1) is 17.7. The maximum Gasteiger partial charge on any atom is 0.336 e. The van der Waals surface area contributed by atoms with Crippen molar-refractivity contribution in [3.05, 3.63) is 76.6 Å². The molecule has 1 aromatic heterocycles. The van der Waals surface area contributed by atoms with Gasteiger partial charge in [-0.25, -0.2) is 4.79 Å². The third kappa shape index (κ3) is 4.51. The number of carbonyl (C=O) groups is 1. The lowest BCUT2D eigenvalue weighted by Crippen LogP contribution is -2.32. The van der Waals surface area contributed by atoms with Crippen LogP contribution in [0.15, 0.2) is 69.9 Å². The lowest BCUT2D eigenvalue weighted by molar-refractivity contribution is -0.123. The molecule has 0 saturated heterocycles. The molecule has 0 fully saturated rings. The van der Waals surface area contributed by atoms with Crippen LogP contribution in [-0.2, 0) is 4.79 Å². The van der Waals surface area contributed by atoms with Crippen LogP contribution in [0.1, 0.15) is 31.4 Å². The summed E-state index contributed by atoms with van der Waals surface area (Å²) in [5.41, 5.74) is 1.09. The summed E-state index contributed by atoms with van der Waals surface area (Å²) >= 11 is 0. The van der Waals surface area contributed by atoms with Gasteiger partial charge in [0.2, 0.25) is 0 Å². The van der Waals surface area contributed by atoms with Crippen LogP contribution < -0.4 is 15.7 Å². The van der Waals surface area contributed by atoms with Crippen molar-refractivity contribution in [1.82, 2.24) is 5.32 Å². The third-order valence-corrected chi connectivity index (χ3v) is 4.08. The number of benzene rings is 2. The van der Waals surface area contributed by atoms with Crippen LogP contribution in [0.2, 0.25) is 0 Å². The molecule has 1 heterocycles. The molecule has 0 aliphatic heterocycles.